The molecule has 2 rings (SSSR count). The molecule has 2 heterocycles. The Balaban J connectivity index is 0.00000264. The van der Waals surface area contributed by atoms with E-state index in [1.54, 1.807) is 18.4 Å². The average molecular weight is 453 g/mol. The van der Waals surface area contributed by atoms with Gasteiger partial charge in [-0.3, -0.25) is 4.99 Å². The van der Waals surface area contributed by atoms with E-state index in [0.717, 1.165) is 51.7 Å². The van der Waals surface area contributed by atoms with Crippen LogP contribution in [0.2, 0.25) is 0 Å². The Labute approximate surface area is 160 Å². The van der Waals surface area contributed by atoms with Crippen molar-refractivity contribution in [2.24, 2.45) is 4.99 Å². The van der Waals surface area contributed by atoms with Crippen LogP contribution in [0.3, 0.4) is 0 Å². The van der Waals surface area contributed by atoms with Crippen molar-refractivity contribution < 1.29 is 9.47 Å². The molecule has 5 nitrogen and oxygen atoms in total. The van der Waals surface area contributed by atoms with E-state index in [2.05, 4.69) is 39.4 Å². The molecule has 0 amide bonds. The molecule has 0 saturated carbocycles. The monoisotopic (exact) mass is 453 g/mol. The second-order valence-corrected chi connectivity index (χ2v) is 6.33. The Morgan fingerprint density at radius 3 is 3.04 bits per heavy atom. The number of rotatable bonds is 8. The zero-order valence-electron chi connectivity index (χ0n) is 13.9. The van der Waals surface area contributed by atoms with Gasteiger partial charge in [0.05, 0.1) is 12.7 Å². The highest BCUT2D eigenvalue weighted by molar-refractivity contribution is 14.0. The third kappa shape index (κ3) is 7.82. The quantitative estimate of drug-likeness (QED) is 0.275. The third-order valence-corrected chi connectivity index (χ3v) is 4.47. The molecule has 1 aliphatic rings. The number of nitrogens with zero attached hydrogens (tertiary/aromatic N) is 1. The van der Waals surface area contributed by atoms with Crippen molar-refractivity contribution in [1.29, 1.82) is 0 Å². The highest BCUT2D eigenvalue weighted by Gasteiger charge is 2.15. The molecule has 23 heavy (non-hydrogen) atoms. The van der Waals surface area contributed by atoms with E-state index in [9.17, 15) is 0 Å². The molecule has 1 saturated heterocycles. The van der Waals surface area contributed by atoms with Gasteiger partial charge in [-0.05, 0) is 41.1 Å². The lowest BCUT2D eigenvalue weighted by Gasteiger charge is -2.16. The van der Waals surface area contributed by atoms with Crippen molar-refractivity contribution in [2.45, 2.75) is 31.8 Å². The van der Waals surface area contributed by atoms with Gasteiger partial charge in [0.1, 0.15) is 0 Å². The summed E-state index contributed by atoms with van der Waals surface area (Å²) in [6, 6.07) is 2.18. The summed E-state index contributed by atoms with van der Waals surface area (Å²) in [7, 11) is 1.80. The number of hydrogen-bond acceptors (Lipinski definition) is 4. The normalized spacial score (nSPS) is 19.2. The minimum absolute atomic E-state index is 0. The summed E-state index contributed by atoms with van der Waals surface area (Å²) < 4.78 is 11.0. The summed E-state index contributed by atoms with van der Waals surface area (Å²) in [5.41, 5.74) is 1.38. The van der Waals surface area contributed by atoms with Gasteiger partial charge in [-0.2, -0.15) is 11.3 Å². The van der Waals surface area contributed by atoms with Crippen LogP contribution < -0.4 is 10.6 Å². The Kier molecular flexibility index (Phi) is 10.8. The topological polar surface area (TPSA) is 54.9 Å². The standard InChI is InChI=1S/C16H27N3O2S.HI/c1-13(14-5-9-22-12-14)10-19-16(17-2)18-6-3-7-21-15-4-8-20-11-15;/h5,9,12-13,15H,3-4,6-8,10-11H2,1-2H3,(H2,17,18,19);1H. The zero-order chi connectivity index (χ0) is 15.6. The fraction of sp³-hybridized carbons (Fsp3) is 0.688. The number of ether oxygens (including phenoxy) is 2. The summed E-state index contributed by atoms with van der Waals surface area (Å²) in [5, 5.41) is 11.0. The van der Waals surface area contributed by atoms with Crippen LogP contribution in [0.15, 0.2) is 21.8 Å². The van der Waals surface area contributed by atoms with E-state index in [1.807, 2.05) is 0 Å². The first kappa shape index (κ1) is 20.7. The second-order valence-electron chi connectivity index (χ2n) is 5.55. The van der Waals surface area contributed by atoms with Gasteiger partial charge in [-0.25, -0.2) is 0 Å². The highest BCUT2D eigenvalue weighted by atomic mass is 127. The first-order valence-electron chi connectivity index (χ1n) is 7.95. The summed E-state index contributed by atoms with van der Waals surface area (Å²) in [6.07, 6.45) is 2.29. The Bertz CT molecular complexity index is 437. The molecule has 1 aromatic heterocycles. The summed E-state index contributed by atoms with van der Waals surface area (Å²) >= 11 is 1.74. The molecule has 7 heteroatoms. The highest BCUT2D eigenvalue weighted by Crippen LogP contribution is 2.16. The molecule has 132 valence electrons. The fourth-order valence-corrected chi connectivity index (χ4v) is 3.10. The predicted octanol–water partition coefficient (Wildman–Crippen LogP) is 2.83. The van der Waals surface area contributed by atoms with E-state index in [1.165, 1.54) is 5.56 Å². The maximum atomic E-state index is 5.74. The number of halogens is 1. The number of hydrogen-bond donors (Lipinski definition) is 2. The van der Waals surface area contributed by atoms with E-state index < -0.39 is 0 Å². The van der Waals surface area contributed by atoms with Crippen LogP contribution >= 0.6 is 35.3 Å². The second kappa shape index (κ2) is 12.0. The number of guanidine groups is 1. The molecule has 2 unspecified atom stereocenters. The van der Waals surface area contributed by atoms with Crippen molar-refractivity contribution in [3.8, 4) is 0 Å². The maximum Gasteiger partial charge on any atom is 0.190 e. The molecule has 1 fully saturated rings. The molecular formula is C16H28IN3O2S. The van der Waals surface area contributed by atoms with Crippen LogP contribution in [0.5, 0.6) is 0 Å². The Morgan fingerprint density at radius 2 is 2.39 bits per heavy atom. The smallest absolute Gasteiger partial charge is 0.190 e. The number of thiophene rings is 1. The van der Waals surface area contributed by atoms with Gasteiger partial charge >= 0.3 is 0 Å². The molecule has 2 atom stereocenters. The van der Waals surface area contributed by atoms with Crippen LogP contribution in [-0.4, -0.2) is 52.0 Å². The summed E-state index contributed by atoms with van der Waals surface area (Å²) in [4.78, 5) is 4.25. The minimum Gasteiger partial charge on any atom is -0.379 e. The lowest BCUT2D eigenvalue weighted by Crippen LogP contribution is -2.39. The summed E-state index contributed by atoms with van der Waals surface area (Å²) in [6.45, 7) is 6.31. The predicted molar refractivity (Wildman–Crippen MR) is 107 cm³/mol. The van der Waals surface area contributed by atoms with Gasteiger partial charge in [-0.15, -0.1) is 24.0 Å². The maximum absolute atomic E-state index is 5.74. The van der Waals surface area contributed by atoms with E-state index in [0.29, 0.717) is 12.0 Å². The van der Waals surface area contributed by atoms with E-state index >= 15 is 0 Å². The number of nitrogens with one attached hydrogen (secondary N) is 2. The SMILES string of the molecule is CN=C(NCCCOC1CCOC1)NCC(C)c1ccsc1.I. The Hall–Kier alpha value is -0.380. The molecule has 1 aromatic rings. The lowest BCUT2D eigenvalue weighted by atomic mass is 10.1. The van der Waals surface area contributed by atoms with Gasteiger partial charge in [0.2, 0.25) is 0 Å². The van der Waals surface area contributed by atoms with Crippen molar-refractivity contribution in [3.63, 3.8) is 0 Å². The molecular weight excluding hydrogens is 425 g/mol. The number of aliphatic imine (C=N–C) groups is 1. The van der Waals surface area contributed by atoms with Crippen LogP contribution in [0.4, 0.5) is 0 Å². The molecule has 0 spiro atoms. The Morgan fingerprint density at radius 1 is 1.52 bits per heavy atom. The first-order chi connectivity index (χ1) is 10.8. The van der Waals surface area contributed by atoms with Gasteiger partial charge in [0.15, 0.2) is 5.96 Å². The van der Waals surface area contributed by atoms with Crippen molar-refractivity contribution in [1.82, 2.24) is 10.6 Å². The van der Waals surface area contributed by atoms with E-state index in [-0.39, 0.29) is 24.0 Å². The molecule has 0 radical (unpaired) electrons. The van der Waals surface area contributed by atoms with Gasteiger partial charge in [-0.1, -0.05) is 6.92 Å². The van der Waals surface area contributed by atoms with Crippen LogP contribution in [0.25, 0.3) is 0 Å². The molecule has 1 aliphatic heterocycles. The molecule has 0 aromatic carbocycles. The largest absolute Gasteiger partial charge is 0.379 e. The van der Waals surface area contributed by atoms with Crippen molar-refractivity contribution >= 4 is 41.3 Å². The molecule has 0 bridgehead atoms. The zero-order valence-corrected chi connectivity index (χ0v) is 17.1. The van der Waals surface area contributed by atoms with Crippen LogP contribution in [-0.2, 0) is 9.47 Å². The van der Waals surface area contributed by atoms with Gasteiger partial charge in [0, 0.05) is 33.4 Å². The first-order valence-corrected chi connectivity index (χ1v) is 8.90. The third-order valence-electron chi connectivity index (χ3n) is 3.77. The van der Waals surface area contributed by atoms with Crippen LogP contribution in [0, 0.1) is 0 Å². The minimum atomic E-state index is 0. The molecule has 0 aliphatic carbocycles. The lowest BCUT2D eigenvalue weighted by molar-refractivity contribution is 0.0420. The van der Waals surface area contributed by atoms with Crippen molar-refractivity contribution in [2.75, 3.05) is 40.0 Å². The fourth-order valence-electron chi connectivity index (χ4n) is 2.32. The average Bonchev–Trinajstić information content (AvgIpc) is 3.22. The van der Waals surface area contributed by atoms with Crippen molar-refractivity contribution in [3.05, 3.63) is 22.4 Å². The molecule has 2 N–H and O–H groups in total. The van der Waals surface area contributed by atoms with Gasteiger partial charge < -0.3 is 20.1 Å². The van der Waals surface area contributed by atoms with E-state index in [4.69, 9.17) is 9.47 Å². The summed E-state index contributed by atoms with van der Waals surface area (Å²) in [5.74, 6) is 1.33. The van der Waals surface area contributed by atoms with Crippen LogP contribution in [0.1, 0.15) is 31.2 Å². The van der Waals surface area contributed by atoms with Gasteiger partial charge in [0.25, 0.3) is 0 Å².